The van der Waals surface area contributed by atoms with Gasteiger partial charge in [0, 0.05) is 37.5 Å². The largest absolute Gasteiger partial charge is 0.380 e. The fourth-order valence-corrected chi connectivity index (χ4v) is 2.20. The van der Waals surface area contributed by atoms with Gasteiger partial charge in [0.15, 0.2) is 0 Å². The molecule has 1 fully saturated rings. The molecule has 0 radical (unpaired) electrons. The SMILES string of the molecule is Cc1nn(C)cc1CNC1(C)CCCOC1. The van der Waals surface area contributed by atoms with Crippen LogP contribution in [0, 0.1) is 6.92 Å². The molecule has 4 heteroatoms. The lowest BCUT2D eigenvalue weighted by Crippen LogP contribution is -2.48. The van der Waals surface area contributed by atoms with Crippen molar-refractivity contribution < 1.29 is 4.74 Å². The van der Waals surface area contributed by atoms with Crippen LogP contribution in [-0.2, 0) is 18.3 Å². The van der Waals surface area contributed by atoms with E-state index in [1.54, 1.807) is 0 Å². The standard InChI is InChI=1S/C12H21N3O/c1-10-11(8-15(3)14-10)7-13-12(2)5-4-6-16-9-12/h8,13H,4-7,9H2,1-3H3. The molecule has 0 bridgehead atoms. The monoisotopic (exact) mass is 223 g/mol. The van der Waals surface area contributed by atoms with Gasteiger partial charge >= 0.3 is 0 Å². The highest BCUT2D eigenvalue weighted by molar-refractivity contribution is 5.15. The van der Waals surface area contributed by atoms with Crippen LogP contribution in [0.25, 0.3) is 0 Å². The van der Waals surface area contributed by atoms with Crippen LogP contribution in [0.1, 0.15) is 31.0 Å². The van der Waals surface area contributed by atoms with E-state index in [9.17, 15) is 0 Å². The summed E-state index contributed by atoms with van der Waals surface area (Å²) in [6, 6.07) is 0. The topological polar surface area (TPSA) is 39.1 Å². The van der Waals surface area contributed by atoms with E-state index in [0.29, 0.717) is 0 Å². The number of nitrogens with zero attached hydrogens (tertiary/aromatic N) is 2. The first-order valence-corrected chi connectivity index (χ1v) is 5.91. The first-order valence-electron chi connectivity index (χ1n) is 5.91. The summed E-state index contributed by atoms with van der Waals surface area (Å²) >= 11 is 0. The minimum Gasteiger partial charge on any atom is -0.380 e. The zero-order valence-electron chi connectivity index (χ0n) is 10.4. The van der Waals surface area contributed by atoms with Gasteiger partial charge in [-0.25, -0.2) is 0 Å². The Morgan fingerprint density at radius 3 is 3.00 bits per heavy atom. The Labute approximate surface area is 97.0 Å². The highest BCUT2D eigenvalue weighted by Crippen LogP contribution is 2.19. The van der Waals surface area contributed by atoms with Crippen LogP contribution in [0.5, 0.6) is 0 Å². The molecule has 0 saturated carbocycles. The molecule has 1 aliphatic rings. The van der Waals surface area contributed by atoms with Gasteiger partial charge in [-0.2, -0.15) is 5.10 Å². The van der Waals surface area contributed by atoms with E-state index < -0.39 is 0 Å². The van der Waals surface area contributed by atoms with E-state index in [-0.39, 0.29) is 5.54 Å². The highest BCUT2D eigenvalue weighted by atomic mass is 16.5. The van der Waals surface area contributed by atoms with Crippen molar-refractivity contribution in [3.05, 3.63) is 17.5 Å². The predicted octanol–water partition coefficient (Wildman–Crippen LogP) is 1.39. The summed E-state index contributed by atoms with van der Waals surface area (Å²) in [5.74, 6) is 0. The van der Waals surface area contributed by atoms with Crippen LogP contribution in [0.3, 0.4) is 0 Å². The third-order valence-corrected chi connectivity index (χ3v) is 3.26. The molecule has 2 rings (SSSR count). The van der Waals surface area contributed by atoms with Gasteiger partial charge in [-0.15, -0.1) is 0 Å². The normalized spacial score (nSPS) is 25.9. The van der Waals surface area contributed by atoms with E-state index >= 15 is 0 Å². The number of hydrogen-bond donors (Lipinski definition) is 1. The van der Waals surface area contributed by atoms with Crippen molar-refractivity contribution in [1.82, 2.24) is 15.1 Å². The van der Waals surface area contributed by atoms with Crippen molar-refractivity contribution in [2.75, 3.05) is 13.2 Å². The molecule has 1 aromatic rings. The van der Waals surface area contributed by atoms with Crippen molar-refractivity contribution >= 4 is 0 Å². The number of nitrogens with one attached hydrogen (secondary N) is 1. The summed E-state index contributed by atoms with van der Waals surface area (Å²) in [6.07, 6.45) is 4.41. The van der Waals surface area contributed by atoms with Gasteiger partial charge in [0.25, 0.3) is 0 Å². The molecule has 1 atom stereocenters. The molecule has 0 aromatic carbocycles. The molecule has 2 heterocycles. The Balaban J connectivity index is 1.93. The molecule has 1 unspecified atom stereocenters. The third-order valence-electron chi connectivity index (χ3n) is 3.26. The molecular formula is C12H21N3O. The molecule has 1 N–H and O–H groups in total. The van der Waals surface area contributed by atoms with Crippen molar-refractivity contribution in [3.63, 3.8) is 0 Å². The van der Waals surface area contributed by atoms with Crippen LogP contribution in [0.4, 0.5) is 0 Å². The molecule has 0 spiro atoms. The van der Waals surface area contributed by atoms with E-state index in [1.807, 2.05) is 11.7 Å². The molecule has 16 heavy (non-hydrogen) atoms. The number of aryl methyl sites for hydroxylation is 2. The second kappa shape index (κ2) is 4.55. The first kappa shape index (κ1) is 11.6. The van der Waals surface area contributed by atoms with Gasteiger partial charge in [0.1, 0.15) is 0 Å². The molecule has 90 valence electrons. The quantitative estimate of drug-likeness (QED) is 0.841. The lowest BCUT2D eigenvalue weighted by Gasteiger charge is -2.34. The maximum Gasteiger partial charge on any atom is 0.0645 e. The van der Waals surface area contributed by atoms with Gasteiger partial charge in [-0.1, -0.05) is 0 Å². The van der Waals surface area contributed by atoms with Gasteiger partial charge < -0.3 is 10.1 Å². The fourth-order valence-electron chi connectivity index (χ4n) is 2.20. The van der Waals surface area contributed by atoms with Crippen molar-refractivity contribution in [2.45, 2.75) is 38.8 Å². The molecule has 1 aromatic heterocycles. The zero-order valence-corrected chi connectivity index (χ0v) is 10.4. The molecule has 1 aliphatic heterocycles. The molecule has 1 saturated heterocycles. The van der Waals surface area contributed by atoms with E-state index in [1.165, 1.54) is 12.0 Å². The average Bonchev–Trinajstić information content (AvgIpc) is 2.56. The summed E-state index contributed by atoms with van der Waals surface area (Å²) in [5.41, 5.74) is 2.50. The fraction of sp³-hybridized carbons (Fsp3) is 0.750. The smallest absolute Gasteiger partial charge is 0.0645 e. The van der Waals surface area contributed by atoms with Crippen molar-refractivity contribution in [3.8, 4) is 0 Å². The Bertz CT molecular complexity index is 353. The highest BCUT2D eigenvalue weighted by Gasteiger charge is 2.26. The van der Waals surface area contributed by atoms with E-state index in [4.69, 9.17) is 4.74 Å². The summed E-state index contributed by atoms with van der Waals surface area (Å²) in [7, 11) is 1.96. The second-order valence-electron chi connectivity index (χ2n) is 4.98. The third kappa shape index (κ3) is 2.62. The molecular weight excluding hydrogens is 202 g/mol. The Kier molecular flexibility index (Phi) is 3.30. The van der Waals surface area contributed by atoms with Crippen LogP contribution < -0.4 is 5.32 Å². The molecule has 0 aliphatic carbocycles. The zero-order chi connectivity index (χ0) is 11.6. The lowest BCUT2D eigenvalue weighted by molar-refractivity contribution is 0.0277. The van der Waals surface area contributed by atoms with Crippen molar-refractivity contribution in [1.29, 1.82) is 0 Å². The van der Waals surface area contributed by atoms with Gasteiger partial charge in [0.05, 0.1) is 12.3 Å². The minimum atomic E-state index is 0.126. The van der Waals surface area contributed by atoms with Gasteiger partial charge in [-0.05, 0) is 26.7 Å². The second-order valence-corrected chi connectivity index (χ2v) is 4.98. The number of ether oxygens (including phenoxy) is 1. The van der Waals surface area contributed by atoms with Crippen LogP contribution in [0.2, 0.25) is 0 Å². The molecule has 0 amide bonds. The first-order chi connectivity index (χ1) is 7.59. The Morgan fingerprint density at radius 2 is 2.44 bits per heavy atom. The molecule has 4 nitrogen and oxygen atoms in total. The van der Waals surface area contributed by atoms with Crippen LogP contribution in [-0.4, -0.2) is 28.5 Å². The van der Waals surface area contributed by atoms with Crippen LogP contribution >= 0.6 is 0 Å². The van der Waals surface area contributed by atoms with Gasteiger partial charge in [0.2, 0.25) is 0 Å². The lowest BCUT2D eigenvalue weighted by atomic mass is 9.94. The summed E-state index contributed by atoms with van der Waals surface area (Å²) in [5, 5.41) is 7.93. The maximum atomic E-state index is 5.53. The van der Waals surface area contributed by atoms with Crippen molar-refractivity contribution in [2.24, 2.45) is 7.05 Å². The predicted molar refractivity (Wildman–Crippen MR) is 63.2 cm³/mol. The maximum absolute atomic E-state index is 5.53. The average molecular weight is 223 g/mol. The summed E-state index contributed by atoms with van der Waals surface area (Å²) in [6.45, 7) is 6.88. The minimum absolute atomic E-state index is 0.126. The number of hydrogen-bond acceptors (Lipinski definition) is 3. The van der Waals surface area contributed by atoms with E-state index in [0.717, 1.165) is 31.9 Å². The Morgan fingerprint density at radius 1 is 1.62 bits per heavy atom. The van der Waals surface area contributed by atoms with Gasteiger partial charge in [-0.3, -0.25) is 4.68 Å². The van der Waals surface area contributed by atoms with Crippen LogP contribution in [0.15, 0.2) is 6.20 Å². The Hall–Kier alpha value is -0.870. The van der Waals surface area contributed by atoms with E-state index in [2.05, 4.69) is 30.5 Å². The summed E-state index contributed by atoms with van der Waals surface area (Å²) < 4.78 is 7.39. The number of aromatic nitrogens is 2. The number of rotatable bonds is 3. The summed E-state index contributed by atoms with van der Waals surface area (Å²) in [4.78, 5) is 0.